The SMILES string of the molecule is O=Cc1cc(O[Si](c2ccccc2)(c2ccccc2)c2ccccc2)cc2c1-c1cccc(O[Si](c3ccccc3)(c3ccccc3)c3ccccc3)c1C2. The molecular formula is C50H38O3Si2. The summed E-state index contributed by atoms with van der Waals surface area (Å²) < 4.78 is 15.1. The number of carbonyl (C=O) groups excluding carboxylic acids is 1. The summed E-state index contributed by atoms with van der Waals surface area (Å²) in [6.45, 7) is 0. The Kier molecular flexibility index (Phi) is 9.16. The molecule has 0 saturated carbocycles. The van der Waals surface area contributed by atoms with Gasteiger partial charge in [-0.15, -0.1) is 0 Å². The fourth-order valence-electron chi connectivity index (χ4n) is 8.32. The van der Waals surface area contributed by atoms with E-state index in [1.165, 1.54) is 0 Å². The summed E-state index contributed by atoms with van der Waals surface area (Å²) in [7, 11) is -6.18. The van der Waals surface area contributed by atoms with Crippen molar-refractivity contribution in [2.24, 2.45) is 0 Å². The van der Waals surface area contributed by atoms with Crippen molar-refractivity contribution in [3.05, 3.63) is 229 Å². The number of fused-ring (bicyclic) bond motifs is 3. The summed E-state index contributed by atoms with van der Waals surface area (Å²) in [5.74, 6) is 1.51. The van der Waals surface area contributed by atoms with E-state index in [1.807, 2.05) is 24.3 Å². The lowest BCUT2D eigenvalue weighted by Crippen LogP contribution is -2.71. The van der Waals surface area contributed by atoms with Crippen LogP contribution in [0.25, 0.3) is 11.1 Å². The van der Waals surface area contributed by atoms with E-state index in [0.29, 0.717) is 17.7 Å². The van der Waals surface area contributed by atoms with Gasteiger partial charge in [-0.25, -0.2) is 0 Å². The summed E-state index contributed by atoms with van der Waals surface area (Å²) >= 11 is 0. The number of aldehydes is 1. The van der Waals surface area contributed by atoms with Crippen LogP contribution in [0.5, 0.6) is 11.5 Å². The molecule has 0 fully saturated rings. The Morgan fingerprint density at radius 3 is 1.18 bits per heavy atom. The van der Waals surface area contributed by atoms with Gasteiger partial charge in [0.15, 0.2) is 6.29 Å². The van der Waals surface area contributed by atoms with Gasteiger partial charge in [-0.2, -0.15) is 0 Å². The average molecular weight is 743 g/mol. The van der Waals surface area contributed by atoms with Crippen LogP contribution >= 0.6 is 0 Å². The Hall–Kier alpha value is -6.54. The van der Waals surface area contributed by atoms with Crippen LogP contribution in [-0.2, 0) is 6.42 Å². The second-order valence-electron chi connectivity index (χ2n) is 13.9. The fraction of sp³-hybridized carbons (Fsp3) is 0.0200. The minimum absolute atomic E-state index is 0.609. The molecule has 1 aliphatic carbocycles. The molecule has 0 unspecified atom stereocenters. The summed E-state index contributed by atoms with van der Waals surface area (Å²) in [4.78, 5) is 13.1. The molecule has 55 heavy (non-hydrogen) atoms. The van der Waals surface area contributed by atoms with Crippen molar-refractivity contribution >= 4 is 54.0 Å². The third-order valence-corrected chi connectivity index (χ3v) is 18.7. The monoisotopic (exact) mass is 742 g/mol. The van der Waals surface area contributed by atoms with E-state index in [2.05, 4.69) is 188 Å². The summed E-state index contributed by atoms with van der Waals surface area (Å²) in [6, 6.07) is 73.9. The van der Waals surface area contributed by atoms with Gasteiger partial charge in [0, 0.05) is 17.5 Å². The second-order valence-corrected chi connectivity index (χ2v) is 20.5. The van der Waals surface area contributed by atoms with Crippen molar-refractivity contribution in [3.8, 4) is 22.6 Å². The molecule has 0 N–H and O–H groups in total. The molecule has 3 nitrogen and oxygen atoms in total. The summed E-state index contributed by atoms with van der Waals surface area (Å²) in [6.07, 6.45) is 1.58. The number of hydrogen-bond acceptors (Lipinski definition) is 3. The Morgan fingerprint density at radius 1 is 0.418 bits per heavy atom. The number of carbonyl (C=O) groups is 1. The smallest absolute Gasteiger partial charge is 0.346 e. The van der Waals surface area contributed by atoms with E-state index >= 15 is 0 Å². The first-order chi connectivity index (χ1) is 27.2. The lowest BCUT2D eigenvalue weighted by molar-refractivity contribution is 0.112. The Bertz CT molecular complexity index is 2370. The molecule has 0 atom stereocenters. The molecular weight excluding hydrogens is 705 g/mol. The van der Waals surface area contributed by atoms with E-state index in [-0.39, 0.29) is 0 Å². The zero-order chi connectivity index (χ0) is 37.1. The van der Waals surface area contributed by atoms with Crippen molar-refractivity contribution < 1.29 is 13.6 Å². The third kappa shape index (κ3) is 6.04. The van der Waals surface area contributed by atoms with Crippen molar-refractivity contribution in [2.45, 2.75) is 6.42 Å². The van der Waals surface area contributed by atoms with Gasteiger partial charge in [0.1, 0.15) is 11.5 Å². The molecule has 1 aliphatic rings. The molecule has 0 heterocycles. The van der Waals surface area contributed by atoms with E-state index in [4.69, 9.17) is 8.85 Å². The van der Waals surface area contributed by atoms with Crippen LogP contribution in [-0.4, -0.2) is 22.9 Å². The van der Waals surface area contributed by atoms with Gasteiger partial charge in [0.25, 0.3) is 0 Å². The van der Waals surface area contributed by atoms with Crippen LogP contribution in [0.15, 0.2) is 212 Å². The maximum atomic E-state index is 13.1. The Balaban J connectivity index is 1.19. The minimum atomic E-state index is -3.10. The first kappa shape index (κ1) is 34.2. The van der Waals surface area contributed by atoms with Gasteiger partial charge in [0.2, 0.25) is 0 Å². The normalized spacial score (nSPS) is 12.0. The van der Waals surface area contributed by atoms with Crippen LogP contribution < -0.4 is 40.0 Å². The topological polar surface area (TPSA) is 35.5 Å². The van der Waals surface area contributed by atoms with Gasteiger partial charge < -0.3 is 8.85 Å². The first-order valence-corrected chi connectivity index (χ1v) is 22.5. The number of benzene rings is 8. The predicted molar refractivity (Wildman–Crippen MR) is 229 cm³/mol. The molecule has 0 spiro atoms. The second kappa shape index (κ2) is 14.7. The standard InChI is InChI=1S/C50H38O3Si2/c51-37-39-35-40(52-54(41-20-7-1-8-21-41,42-22-9-2-10-23-42)43-24-11-3-12-25-43)34-38-36-48-47(50(38)39)32-19-33-49(48)53-55(44-26-13-4-14-27-44,45-28-15-5-16-29-45)46-30-17-6-18-31-46/h1-35,37H,36H2. The van der Waals surface area contributed by atoms with Crippen LogP contribution in [0, 0.1) is 0 Å². The van der Waals surface area contributed by atoms with Gasteiger partial charge in [0.05, 0.1) is 0 Å². The van der Waals surface area contributed by atoms with Gasteiger partial charge in [-0.1, -0.05) is 194 Å². The third-order valence-electron chi connectivity index (χ3n) is 10.7. The molecule has 264 valence electrons. The van der Waals surface area contributed by atoms with Crippen LogP contribution in [0.1, 0.15) is 21.5 Å². The summed E-state index contributed by atoms with van der Waals surface area (Å²) in [5, 5.41) is 6.87. The molecule has 8 aromatic rings. The average Bonchev–Trinajstić information content (AvgIpc) is 3.66. The predicted octanol–water partition coefficient (Wildman–Crippen LogP) is 7.16. The molecule has 0 amide bonds. The van der Waals surface area contributed by atoms with Crippen molar-refractivity contribution in [1.29, 1.82) is 0 Å². The lowest BCUT2D eigenvalue weighted by Gasteiger charge is -2.34. The highest BCUT2D eigenvalue weighted by Gasteiger charge is 2.46. The molecule has 9 rings (SSSR count). The molecule has 0 aromatic heterocycles. The van der Waals surface area contributed by atoms with Crippen LogP contribution in [0.3, 0.4) is 0 Å². The first-order valence-electron chi connectivity index (χ1n) is 18.7. The quantitative estimate of drug-likeness (QED) is 0.0802. The highest BCUT2D eigenvalue weighted by atomic mass is 28.4. The molecule has 0 saturated heterocycles. The van der Waals surface area contributed by atoms with Gasteiger partial charge in [-0.05, 0) is 66.0 Å². The zero-order valence-corrected chi connectivity index (χ0v) is 32.2. The van der Waals surface area contributed by atoms with E-state index in [0.717, 1.165) is 65.4 Å². The molecule has 0 bridgehead atoms. The maximum absolute atomic E-state index is 13.1. The zero-order valence-electron chi connectivity index (χ0n) is 30.2. The van der Waals surface area contributed by atoms with Crippen molar-refractivity contribution in [3.63, 3.8) is 0 Å². The molecule has 8 aromatic carbocycles. The minimum Gasteiger partial charge on any atom is -0.530 e. The van der Waals surface area contributed by atoms with Crippen LogP contribution in [0.2, 0.25) is 0 Å². The van der Waals surface area contributed by atoms with Crippen molar-refractivity contribution in [1.82, 2.24) is 0 Å². The van der Waals surface area contributed by atoms with Crippen LogP contribution in [0.4, 0.5) is 0 Å². The fourth-order valence-corrected chi connectivity index (χ4v) is 16.0. The number of hydrogen-bond donors (Lipinski definition) is 0. The Morgan fingerprint density at radius 2 is 0.800 bits per heavy atom. The van der Waals surface area contributed by atoms with E-state index < -0.39 is 16.6 Å². The molecule has 0 aliphatic heterocycles. The van der Waals surface area contributed by atoms with E-state index in [1.54, 1.807) is 0 Å². The van der Waals surface area contributed by atoms with Gasteiger partial charge >= 0.3 is 16.6 Å². The van der Waals surface area contributed by atoms with E-state index in [9.17, 15) is 4.79 Å². The number of rotatable bonds is 11. The van der Waals surface area contributed by atoms with Gasteiger partial charge in [-0.3, -0.25) is 4.79 Å². The maximum Gasteiger partial charge on any atom is 0.346 e. The highest BCUT2D eigenvalue weighted by Crippen LogP contribution is 2.45. The highest BCUT2D eigenvalue weighted by molar-refractivity contribution is 7.08. The summed E-state index contributed by atoms with van der Waals surface area (Å²) in [5.41, 5.74) is 4.71. The molecule has 0 radical (unpaired) electrons. The molecule has 5 heteroatoms. The Labute approximate surface area is 324 Å². The van der Waals surface area contributed by atoms with Crippen molar-refractivity contribution in [2.75, 3.05) is 0 Å². The largest absolute Gasteiger partial charge is 0.530 e. The lowest BCUT2D eigenvalue weighted by atomic mass is 10.00.